The van der Waals surface area contributed by atoms with Crippen molar-refractivity contribution in [3.63, 3.8) is 0 Å². The number of rotatable bonds is 5. The molecule has 0 saturated heterocycles. The molecular formula is C17H25NO. The minimum absolute atomic E-state index is 0.305. The molecule has 1 saturated carbocycles. The molecule has 0 aromatic heterocycles. The van der Waals surface area contributed by atoms with Crippen LogP contribution in [0.2, 0.25) is 0 Å². The molecule has 3 rings (SSSR count). The molecule has 0 bridgehead atoms. The Morgan fingerprint density at radius 2 is 1.89 bits per heavy atom. The van der Waals surface area contributed by atoms with Crippen molar-refractivity contribution in [3.05, 3.63) is 35.4 Å². The van der Waals surface area contributed by atoms with E-state index in [1.165, 1.54) is 36.8 Å². The number of benzene rings is 1. The summed E-state index contributed by atoms with van der Waals surface area (Å²) in [6.45, 7) is 2.64. The summed E-state index contributed by atoms with van der Waals surface area (Å²) < 4.78 is 0. The van der Waals surface area contributed by atoms with Gasteiger partial charge in [-0.05, 0) is 55.1 Å². The quantitative estimate of drug-likeness (QED) is 0.849. The summed E-state index contributed by atoms with van der Waals surface area (Å²) in [5.41, 5.74) is 3.01. The lowest BCUT2D eigenvalue weighted by atomic mass is 9.80. The Bertz CT molecular complexity index is 427. The molecule has 104 valence electrons. The van der Waals surface area contributed by atoms with Crippen LogP contribution in [0.4, 0.5) is 0 Å². The van der Waals surface area contributed by atoms with Crippen LogP contribution in [0.15, 0.2) is 24.3 Å². The minimum atomic E-state index is 0.305. The van der Waals surface area contributed by atoms with E-state index in [1.54, 1.807) is 0 Å². The van der Waals surface area contributed by atoms with Gasteiger partial charge in [0.05, 0.1) is 0 Å². The van der Waals surface area contributed by atoms with Crippen molar-refractivity contribution in [2.75, 3.05) is 6.61 Å². The molecule has 0 heterocycles. The van der Waals surface area contributed by atoms with Crippen LogP contribution in [-0.4, -0.2) is 17.8 Å². The van der Waals surface area contributed by atoms with Crippen molar-refractivity contribution >= 4 is 0 Å². The highest BCUT2D eigenvalue weighted by Gasteiger charge is 2.34. The molecule has 1 aromatic rings. The van der Waals surface area contributed by atoms with E-state index >= 15 is 0 Å². The highest BCUT2D eigenvalue weighted by Crippen LogP contribution is 2.40. The van der Waals surface area contributed by atoms with E-state index in [-0.39, 0.29) is 0 Å². The molecule has 2 aliphatic rings. The molecule has 0 amide bonds. The average molecular weight is 259 g/mol. The smallest absolute Gasteiger partial charge is 0.0445 e. The second-order valence-corrected chi connectivity index (χ2v) is 6.28. The summed E-state index contributed by atoms with van der Waals surface area (Å²) >= 11 is 0. The van der Waals surface area contributed by atoms with E-state index in [0.717, 1.165) is 12.3 Å². The number of aliphatic hydroxyl groups is 1. The lowest BCUT2D eigenvalue weighted by Gasteiger charge is -2.33. The molecule has 19 heavy (non-hydrogen) atoms. The first-order valence-corrected chi connectivity index (χ1v) is 7.75. The largest absolute Gasteiger partial charge is 0.396 e. The molecule has 1 fully saturated rings. The van der Waals surface area contributed by atoms with Gasteiger partial charge in [0, 0.05) is 18.7 Å². The van der Waals surface area contributed by atoms with Crippen LogP contribution in [0.5, 0.6) is 0 Å². The molecular weight excluding hydrogens is 234 g/mol. The van der Waals surface area contributed by atoms with Crippen LogP contribution in [0.1, 0.15) is 62.1 Å². The van der Waals surface area contributed by atoms with Crippen molar-refractivity contribution in [2.24, 2.45) is 5.92 Å². The fourth-order valence-electron chi connectivity index (χ4n) is 3.53. The Labute approximate surface area is 116 Å². The molecule has 2 N–H and O–H groups in total. The predicted octanol–water partition coefficient (Wildman–Crippen LogP) is 3.38. The Balaban J connectivity index is 1.76. The Hall–Kier alpha value is -0.860. The van der Waals surface area contributed by atoms with Crippen molar-refractivity contribution in [1.29, 1.82) is 0 Å². The number of hydrogen-bond donors (Lipinski definition) is 2. The maximum Gasteiger partial charge on any atom is 0.0445 e. The summed E-state index contributed by atoms with van der Waals surface area (Å²) in [4.78, 5) is 0. The zero-order valence-electron chi connectivity index (χ0n) is 11.8. The van der Waals surface area contributed by atoms with Gasteiger partial charge in [-0.1, -0.05) is 31.2 Å². The van der Waals surface area contributed by atoms with Crippen LogP contribution < -0.4 is 5.32 Å². The summed E-state index contributed by atoms with van der Waals surface area (Å²) in [6.07, 6.45) is 6.07. The lowest BCUT2D eigenvalue weighted by Crippen LogP contribution is -2.37. The molecule has 0 aliphatic heterocycles. The normalized spacial score (nSPS) is 27.9. The van der Waals surface area contributed by atoms with Crippen LogP contribution in [0.25, 0.3) is 0 Å². The lowest BCUT2D eigenvalue weighted by molar-refractivity contribution is 0.243. The number of hydrogen-bond acceptors (Lipinski definition) is 2. The van der Waals surface area contributed by atoms with Gasteiger partial charge in [-0.2, -0.15) is 0 Å². The second-order valence-electron chi connectivity index (χ2n) is 6.28. The first-order chi connectivity index (χ1) is 9.29. The fraction of sp³-hybridized carbons (Fsp3) is 0.647. The highest BCUT2D eigenvalue weighted by molar-refractivity contribution is 5.35. The maximum atomic E-state index is 9.24. The van der Waals surface area contributed by atoms with E-state index in [4.69, 9.17) is 0 Å². The predicted molar refractivity (Wildman–Crippen MR) is 78.2 cm³/mol. The zero-order chi connectivity index (χ0) is 13.2. The van der Waals surface area contributed by atoms with Gasteiger partial charge in [-0.25, -0.2) is 0 Å². The van der Waals surface area contributed by atoms with Gasteiger partial charge in [0.25, 0.3) is 0 Å². The minimum Gasteiger partial charge on any atom is -0.396 e. The van der Waals surface area contributed by atoms with Gasteiger partial charge in [0.15, 0.2) is 0 Å². The van der Waals surface area contributed by atoms with Crippen molar-refractivity contribution in [2.45, 2.75) is 57.0 Å². The van der Waals surface area contributed by atoms with Crippen molar-refractivity contribution in [3.8, 4) is 0 Å². The van der Waals surface area contributed by atoms with Crippen molar-refractivity contribution < 1.29 is 5.11 Å². The Morgan fingerprint density at radius 1 is 1.16 bits per heavy atom. The number of nitrogens with one attached hydrogen (secondary N) is 1. The first kappa shape index (κ1) is 13.1. The Morgan fingerprint density at radius 3 is 2.58 bits per heavy atom. The van der Waals surface area contributed by atoms with E-state index in [1.807, 2.05) is 0 Å². The van der Waals surface area contributed by atoms with Crippen LogP contribution >= 0.6 is 0 Å². The summed E-state index contributed by atoms with van der Waals surface area (Å²) in [7, 11) is 0. The van der Waals surface area contributed by atoms with Gasteiger partial charge in [0.2, 0.25) is 0 Å². The first-order valence-electron chi connectivity index (χ1n) is 7.75. The van der Waals surface area contributed by atoms with Crippen molar-refractivity contribution in [1.82, 2.24) is 5.32 Å². The van der Waals surface area contributed by atoms with Crippen LogP contribution in [-0.2, 0) is 0 Å². The molecule has 2 heteroatoms. The maximum absolute atomic E-state index is 9.24. The monoisotopic (exact) mass is 259 g/mol. The average Bonchev–Trinajstić information content (AvgIpc) is 3.26. The van der Waals surface area contributed by atoms with E-state index in [9.17, 15) is 5.11 Å². The standard InChI is InChI=1S/C17H25NO/c1-12-6-9-17(15-5-3-2-4-14(12)15)18-16(10-11-19)13-7-8-13/h2-5,12-13,16-19H,6-11H2,1H3. The molecule has 0 radical (unpaired) electrons. The van der Waals surface area contributed by atoms with E-state index < -0.39 is 0 Å². The van der Waals surface area contributed by atoms with E-state index in [0.29, 0.717) is 24.6 Å². The molecule has 2 nitrogen and oxygen atoms in total. The van der Waals surface area contributed by atoms with Gasteiger partial charge < -0.3 is 10.4 Å². The summed E-state index contributed by atoms with van der Waals surface area (Å²) in [6, 6.07) is 9.88. The topological polar surface area (TPSA) is 32.3 Å². The summed E-state index contributed by atoms with van der Waals surface area (Å²) in [5.74, 6) is 1.49. The third kappa shape index (κ3) is 2.85. The Kier molecular flexibility index (Phi) is 3.90. The fourth-order valence-corrected chi connectivity index (χ4v) is 3.53. The number of fused-ring (bicyclic) bond motifs is 1. The van der Waals surface area contributed by atoms with Crippen LogP contribution in [0, 0.1) is 5.92 Å². The van der Waals surface area contributed by atoms with Crippen LogP contribution in [0.3, 0.4) is 0 Å². The molecule has 2 aliphatic carbocycles. The van der Waals surface area contributed by atoms with Gasteiger partial charge in [0.1, 0.15) is 0 Å². The number of aliphatic hydroxyl groups excluding tert-OH is 1. The molecule has 3 unspecified atom stereocenters. The highest BCUT2D eigenvalue weighted by atomic mass is 16.3. The third-order valence-corrected chi connectivity index (χ3v) is 4.84. The molecule has 3 atom stereocenters. The van der Waals surface area contributed by atoms with Gasteiger partial charge in [-0.15, -0.1) is 0 Å². The molecule has 0 spiro atoms. The van der Waals surface area contributed by atoms with Gasteiger partial charge in [-0.3, -0.25) is 0 Å². The summed E-state index contributed by atoms with van der Waals surface area (Å²) in [5, 5.41) is 13.1. The third-order valence-electron chi connectivity index (χ3n) is 4.84. The van der Waals surface area contributed by atoms with Gasteiger partial charge >= 0.3 is 0 Å². The zero-order valence-corrected chi connectivity index (χ0v) is 11.8. The van der Waals surface area contributed by atoms with E-state index in [2.05, 4.69) is 36.5 Å². The second kappa shape index (κ2) is 5.64. The SMILES string of the molecule is CC1CCC(NC(CCO)C2CC2)c2ccccc21. The molecule has 1 aromatic carbocycles.